The van der Waals surface area contributed by atoms with E-state index in [1.165, 1.54) is 13.3 Å². The Bertz CT molecular complexity index is 690. The van der Waals surface area contributed by atoms with Crippen molar-refractivity contribution in [1.29, 1.82) is 0 Å². The summed E-state index contributed by atoms with van der Waals surface area (Å²) in [6.45, 7) is 0. The van der Waals surface area contributed by atoms with Crippen LogP contribution in [-0.2, 0) is 14.3 Å². The summed E-state index contributed by atoms with van der Waals surface area (Å²) in [5.41, 5.74) is 0.762. The average molecular weight is 351 g/mol. The molecule has 0 aliphatic carbocycles. The van der Waals surface area contributed by atoms with Crippen LogP contribution in [0.1, 0.15) is 12.0 Å². The van der Waals surface area contributed by atoms with E-state index in [0.717, 1.165) is 17.3 Å². The molecule has 0 radical (unpaired) electrons. The number of benzene rings is 1. The van der Waals surface area contributed by atoms with Crippen molar-refractivity contribution in [2.24, 2.45) is 10.2 Å². The molecule has 24 heavy (non-hydrogen) atoms. The summed E-state index contributed by atoms with van der Waals surface area (Å²) in [6.07, 6.45) is 1.51. The predicted molar refractivity (Wildman–Crippen MR) is 90.7 cm³/mol. The van der Waals surface area contributed by atoms with E-state index in [1.807, 2.05) is 0 Å². The van der Waals surface area contributed by atoms with Gasteiger partial charge < -0.3 is 19.5 Å². The third-order valence-electron chi connectivity index (χ3n) is 3.12. The lowest BCUT2D eigenvalue weighted by atomic mass is 10.2. The Morgan fingerprint density at radius 2 is 2.04 bits per heavy atom. The van der Waals surface area contributed by atoms with Gasteiger partial charge in [-0.05, 0) is 23.8 Å². The fraction of sp³-hybridized carbons (Fsp3) is 0.333. The second-order valence-corrected chi connectivity index (χ2v) is 5.83. The van der Waals surface area contributed by atoms with Gasteiger partial charge in [-0.1, -0.05) is 11.8 Å². The minimum absolute atomic E-state index is 0.00852. The second-order valence-electron chi connectivity index (χ2n) is 4.64. The van der Waals surface area contributed by atoms with E-state index in [0.29, 0.717) is 16.7 Å². The molecule has 8 nitrogen and oxygen atoms in total. The number of rotatable bonds is 6. The Morgan fingerprint density at radius 1 is 1.29 bits per heavy atom. The first-order chi connectivity index (χ1) is 11.6. The first-order valence-corrected chi connectivity index (χ1v) is 7.82. The lowest BCUT2D eigenvalue weighted by Gasteiger charge is -2.07. The number of esters is 1. The maximum Gasteiger partial charge on any atom is 0.307 e. The zero-order chi connectivity index (χ0) is 17.5. The highest BCUT2D eigenvalue weighted by atomic mass is 32.2. The number of hydrogen-bond acceptors (Lipinski definition) is 8. The van der Waals surface area contributed by atoms with Gasteiger partial charge in [0.25, 0.3) is 0 Å². The van der Waals surface area contributed by atoms with Crippen molar-refractivity contribution in [2.45, 2.75) is 11.7 Å². The molecule has 1 aliphatic rings. The van der Waals surface area contributed by atoms with E-state index in [2.05, 4.69) is 20.3 Å². The van der Waals surface area contributed by atoms with Crippen LogP contribution < -0.4 is 14.8 Å². The maximum absolute atomic E-state index is 11.7. The molecule has 1 heterocycles. The first-order valence-electron chi connectivity index (χ1n) is 6.94. The second kappa shape index (κ2) is 8.34. The van der Waals surface area contributed by atoms with Crippen LogP contribution in [0.3, 0.4) is 0 Å². The number of ether oxygens (including phenoxy) is 3. The maximum atomic E-state index is 11.7. The molecular formula is C15H17N3O5S. The number of carbonyl (C=O) groups excluding carboxylic acids is 2. The smallest absolute Gasteiger partial charge is 0.307 e. The van der Waals surface area contributed by atoms with Crippen LogP contribution in [0.2, 0.25) is 0 Å². The van der Waals surface area contributed by atoms with Crippen molar-refractivity contribution in [3.05, 3.63) is 23.8 Å². The molecule has 1 N–H and O–H groups in total. The van der Waals surface area contributed by atoms with Gasteiger partial charge in [0.15, 0.2) is 16.7 Å². The summed E-state index contributed by atoms with van der Waals surface area (Å²) in [7, 11) is 4.38. The normalized spacial score (nSPS) is 18.7. The SMILES string of the molecule is COC(=O)CC1SC(=NN=Cc2ccc(OC)c(OC)c2)NC1=O. The van der Waals surface area contributed by atoms with Gasteiger partial charge in [-0.3, -0.25) is 9.59 Å². The fourth-order valence-corrected chi connectivity index (χ4v) is 2.81. The molecule has 1 atom stereocenters. The quantitative estimate of drug-likeness (QED) is 0.470. The number of amidine groups is 1. The topological polar surface area (TPSA) is 98.6 Å². The molecule has 1 saturated heterocycles. The highest BCUT2D eigenvalue weighted by Crippen LogP contribution is 2.27. The van der Waals surface area contributed by atoms with Crippen LogP contribution in [-0.4, -0.2) is 49.8 Å². The van der Waals surface area contributed by atoms with Gasteiger partial charge in [-0.25, -0.2) is 0 Å². The summed E-state index contributed by atoms with van der Waals surface area (Å²) in [5.74, 6) is 0.462. The Balaban J connectivity index is 2.02. The van der Waals surface area contributed by atoms with Crippen molar-refractivity contribution < 1.29 is 23.8 Å². The van der Waals surface area contributed by atoms with Crippen LogP contribution in [0.4, 0.5) is 0 Å². The number of nitrogens with zero attached hydrogens (tertiary/aromatic N) is 2. The highest BCUT2D eigenvalue weighted by Gasteiger charge is 2.32. The molecule has 0 spiro atoms. The molecule has 1 aliphatic heterocycles. The van der Waals surface area contributed by atoms with Crippen LogP contribution in [0, 0.1) is 0 Å². The summed E-state index contributed by atoms with van der Waals surface area (Å²) < 4.78 is 14.9. The number of hydrogen-bond donors (Lipinski definition) is 1. The van der Waals surface area contributed by atoms with Crippen LogP contribution in [0.25, 0.3) is 0 Å². The fourth-order valence-electron chi connectivity index (χ4n) is 1.90. The van der Waals surface area contributed by atoms with E-state index in [1.54, 1.807) is 32.4 Å². The summed E-state index contributed by atoms with van der Waals surface area (Å²) in [4.78, 5) is 22.9. The van der Waals surface area contributed by atoms with Crippen LogP contribution >= 0.6 is 11.8 Å². The summed E-state index contributed by atoms with van der Waals surface area (Å²) >= 11 is 1.14. The van der Waals surface area contributed by atoms with Crippen molar-refractivity contribution in [2.75, 3.05) is 21.3 Å². The zero-order valence-electron chi connectivity index (χ0n) is 13.4. The molecule has 128 valence electrons. The first kappa shape index (κ1) is 17.8. The molecule has 9 heteroatoms. The van der Waals surface area contributed by atoms with Gasteiger partial charge >= 0.3 is 5.97 Å². The summed E-state index contributed by atoms with van der Waals surface area (Å²) in [6, 6.07) is 5.31. The zero-order valence-corrected chi connectivity index (χ0v) is 14.3. The highest BCUT2D eigenvalue weighted by molar-refractivity contribution is 8.15. The lowest BCUT2D eigenvalue weighted by molar-refractivity contribution is -0.141. The summed E-state index contributed by atoms with van der Waals surface area (Å²) in [5, 5.41) is 10.2. The Morgan fingerprint density at radius 3 is 2.71 bits per heavy atom. The molecule has 1 amide bonds. The van der Waals surface area contributed by atoms with E-state index < -0.39 is 11.2 Å². The van der Waals surface area contributed by atoms with Crippen LogP contribution in [0.15, 0.2) is 28.4 Å². The predicted octanol–water partition coefficient (Wildman–Crippen LogP) is 1.19. The van der Waals surface area contributed by atoms with Crippen molar-refractivity contribution in [3.8, 4) is 11.5 Å². The molecule has 0 bridgehead atoms. The number of nitrogens with one attached hydrogen (secondary N) is 1. The van der Waals surface area contributed by atoms with Gasteiger partial charge in [0, 0.05) is 0 Å². The minimum atomic E-state index is -0.549. The molecule has 1 aromatic carbocycles. The average Bonchev–Trinajstić information content (AvgIpc) is 2.94. The molecule has 0 aromatic heterocycles. The van der Waals surface area contributed by atoms with E-state index in [9.17, 15) is 9.59 Å². The molecule has 2 rings (SSSR count). The Labute approximate surface area is 143 Å². The lowest BCUT2D eigenvalue weighted by Crippen LogP contribution is -2.26. The van der Waals surface area contributed by atoms with E-state index in [4.69, 9.17) is 9.47 Å². The Kier molecular flexibility index (Phi) is 6.19. The van der Waals surface area contributed by atoms with E-state index >= 15 is 0 Å². The molecule has 1 fully saturated rings. The van der Waals surface area contributed by atoms with Gasteiger partial charge in [0.2, 0.25) is 5.91 Å². The third kappa shape index (κ3) is 4.48. The number of amides is 1. The monoisotopic (exact) mass is 351 g/mol. The minimum Gasteiger partial charge on any atom is -0.493 e. The molecule has 0 saturated carbocycles. The number of carbonyl (C=O) groups is 2. The van der Waals surface area contributed by atoms with Gasteiger partial charge in [-0.15, -0.1) is 5.10 Å². The number of methoxy groups -OCH3 is 3. The molecule has 1 unspecified atom stereocenters. The standard InChI is InChI=1S/C15H17N3O5S/c1-21-10-5-4-9(6-11(10)22-2)8-16-18-15-17-14(20)12(24-15)7-13(19)23-3/h4-6,8,12H,7H2,1-3H3,(H,17,18,20). The molecular weight excluding hydrogens is 334 g/mol. The van der Waals surface area contributed by atoms with Gasteiger partial charge in [-0.2, -0.15) is 5.10 Å². The van der Waals surface area contributed by atoms with Gasteiger partial charge in [0.1, 0.15) is 5.25 Å². The largest absolute Gasteiger partial charge is 0.493 e. The number of thioether (sulfide) groups is 1. The van der Waals surface area contributed by atoms with E-state index in [-0.39, 0.29) is 12.3 Å². The van der Waals surface area contributed by atoms with Crippen molar-refractivity contribution in [3.63, 3.8) is 0 Å². The van der Waals surface area contributed by atoms with Crippen molar-refractivity contribution in [1.82, 2.24) is 5.32 Å². The Hall–Kier alpha value is -2.55. The van der Waals surface area contributed by atoms with Gasteiger partial charge in [0.05, 0.1) is 34.0 Å². The third-order valence-corrected chi connectivity index (χ3v) is 4.19. The molecule has 1 aromatic rings. The van der Waals surface area contributed by atoms with Crippen LogP contribution in [0.5, 0.6) is 11.5 Å². The van der Waals surface area contributed by atoms with Crippen molar-refractivity contribution >= 4 is 35.0 Å².